The number of nitrogens with zero attached hydrogens (tertiary/aromatic N) is 1. The minimum absolute atomic E-state index is 0.0932. The molecule has 3 nitrogen and oxygen atoms in total. The summed E-state index contributed by atoms with van der Waals surface area (Å²) in [5.74, 6) is 0.328. The van der Waals surface area contributed by atoms with Gasteiger partial charge in [0.1, 0.15) is 0 Å². The number of alkyl halides is 1. The maximum atomic E-state index is 12.3. The number of aromatic nitrogens is 1. The van der Waals surface area contributed by atoms with Gasteiger partial charge in [-0.2, -0.15) is 0 Å². The van der Waals surface area contributed by atoms with Crippen LogP contribution in [0.2, 0.25) is 0 Å². The summed E-state index contributed by atoms with van der Waals surface area (Å²) in [6.07, 6.45) is 1.63. The third-order valence-corrected chi connectivity index (χ3v) is 3.97. The fourth-order valence-corrected chi connectivity index (χ4v) is 2.33. The molecule has 1 rings (SSSR count). The second kappa shape index (κ2) is 6.19. The fraction of sp³-hybridized carbons (Fsp3) is 0.571. The number of pyridine rings is 1. The van der Waals surface area contributed by atoms with E-state index in [1.807, 2.05) is 39.8 Å². The van der Waals surface area contributed by atoms with Crippen molar-refractivity contribution >= 4 is 17.5 Å². The molecule has 0 bridgehead atoms. The van der Waals surface area contributed by atoms with Crippen LogP contribution in [0.5, 0.6) is 0 Å². The molecule has 1 heterocycles. The van der Waals surface area contributed by atoms with E-state index in [4.69, 9.17) is 11.6 Å². The zero-order chi connectivity index (χ0) is 13.8. The highest BCUT2D eigenvalue weighted by Crippen LogP contribution is 2.18. The molecule has 0 aliphatic heterocycles. The van der Waals surface area contributed by atoms with Crippen LogP contribution in [-0.2, 0) is 0 Å². The molecule has 0 aliphatic rings. The molecule has 100 valence electrons. The van der Waals surface area contributed by atoms with E-state index in [1.165, 1.54) is 0 Å². The number of amides is 1. The summed E-state index contributed by atoms with van der Waals surface area (Å²) in [5.41, 5.74) is 1.97. The zero-order valence-electron chi connectivity index (χ0n) is 11.5. The minimum Gasteiger partial charge on any atom is -0.345 e. The second-order valence-corrected chi connectivity index (χ2v) is 4.93. The van der Waals surface area contributed by atoms with Crippen LogP contribution in [0.25, 0.3) is 0 Å². The summed E-state index contributed by atoms with van der Waals surface area (Å²) in [7, 11) is 0. The van der Waals surface area contributed by atoms with Crippen molar-refractivity contribution in [3.05, 3.63) is 29.1 Å². The molecule has 1 amide bonds. The first-order valence-corrected chi connectivity index (χ1v) is 6.84. The molecule has 0 atom stereocenters. The van der Waals surface area contributed by atoms with Crippen molar-refractivity contribution in [3.8, 4) is 0 Å². The quantitative estimate of drug-likeness (QED) is 0.833. The van der Waals surface area contributed by atoms with Gasteiger partial charge in [0.05, 0.1) is 16.8 Å². The molecule has 0 aromatic carbocycles. The average Bonchev–Trinajstić information content (AvgIpc) is 2.36. The van der Waals surface area contributed by atoms with Crippen molar-refractivity contribution in [1.29, 1.82) is 0 Å². The van der Waals surface area contributed by atoms with Gasteiger partial charge in [0.25, 0.3) is 5.91 Å². The third kappa shape index (κ3) is 3.22. The molecule has 1 aromatic rings. The molecule has 0 saturated carbocycles. The number of aryl methyl sites for hydroxylation is 2. The molecular formula is C14H21ClN2O. The first kappa shape index (κ1) is 15.0. The number of carbonyl (C=O) groups is 1. The second-order valence-electron chi connectivity index (χ2n) is 4.66. The lowest BCUT2D eigenvalue weighted by Crippen LogP contribution is -2.49. The molecule has 0 radical (unpaired) electrons. The van der Waals surface area contributed by atoms with Gasteiger partial charge in [0.2, 0.25) is 0 Å². The topological polar surface area (TPSA) is 42.0 Å². The van der Waals surface area contributed by atoms with Gasteiger partial charge in [-0.15, -0.1) is 11.6 Å². The van der Waals surface area contributed by atoms with Gasteiger partial charge in [0.15, 0.2) is 0 Å². The van der Waals surface area contributed by atoms with Crippen LogP contribution in [0.1, 0.15) is 48.4 Å². The summed E-state index contributed by atoms with van der Waals surface area (Å²) < 4.78 is 0. The van der Waals surface area contributed by atoms with E-state index in [0.29, 0.717) is 11.4 Å². The molecule has 0 aliphatic carbocycles. The Morgan fingerprint density at radius 1 is 1.33 bits per heavy atom. The maximum Gasteiger partial charge on any atom is 0.253 e. The van der Waals surface area contributed by atoms with Crippen molar-refractivity contribution in [3.63, 3.8) is 0 Å². The summed E-state index contributed by atoms with van der Waals surface area (Å²) in [4.78, 5) is 16.6. The highest BCUT2D eigenvalue weighted by atomic mass is 35.5. The summed E-state index contributed by atoms with van der Waals surface area (Å²) in [5, 5.41) is 3.05. The predicted molar refractivity (Wildman–Crippen MR) is 75.2 cm³/mol. The van der Waals surface area contributed by atoms with E-state index < -0.39 is 0 Å². The Bertz CT molecular complexity index is 420. The Labute approximate surface area is 114 Å². The van der Waals surface area contributed by atoms with Crippen molar-refractivity contribution in [2.75, 3.05) is 5.88 Å². The van der Waals surface area contributed by atoms with E-state index in [2.05, 4.69) is 10.3 Å². The smallest absolute Gasteiger partial charge is 0.253 e. The van der Waals surface area contributed by atoms with Gasteiger partial charge >= 0.3 is 0 Å². The monoisotopic (exact) mass is 268 g/mol. The van der Waals surface area contributed by atoms with E-state index >= 15 is 0 Å². The van der Waals surface area contributed by atoms with Crippen molar-refractivity contribution in [2.45, 2.75) is 46.1 Å². The maximum absolute atomic E-state index is 12.3. The van der Waals surface area contributed by atoms with Crippen molar-refractivity contribution in [1.82, 2.24) is 10.3 Å². The summed E-state index contributed by atoms with van der Waals surface area (Å²) in [6, 6.07) is 3.67. The molecular weight excluding hydrogens is 248 g/mol. The minimum atomic E-state index is -0.323. The molecule has 0 unspecified atom stereocenters. The largest absolute Gasteiger partial charge is 0.345 e. The predicted octanol–water partition coefficient (Wildman–Crippen LogP) is 3.23. The highest BCUT2D eigenvalue weighted by molar-refractivity contribution is 6.19. The van der Waals surface area contributed by atoms with Gasteiger partial charge in [-0.25, -0.2) is 0 Å². The summed E-state index contributed by atoms with van der Waals surface area (Å²) >= 11 is 5.99. The van der Waals surface area contributed by atoms with Crippen LogP contribution in [0.3, 0.4) is 0 Å². The molecule has 0 saturated heterocycles. The molecule has 0 spiro atoms. The Hall–Kier alpha value is -1.09. The molecule has 4 heteroatoms. The fourth-order valence-electron chi connectivity index (χ4n) is 1.88. The first-order valence-electron chi connectivity index (χ1n) is 6.30. The number of hydrogen-bond donors (Lipinski definition) is 1. The van der Waals surface area contributed by atoms with Crippen LogP contribution >= 0.6 is 11.6 Å². The number of rotatable bonds is 5. The number of nitrogens with one attached hydrogen (secondary N) is 1. The average molecular weight is 269 g/mol. The molecule has 18 heavy (non-hydrogen) atoms. The number of hydrogen-bond acceptors (Lipinski definition) is 2. The lowest BCUT2D eigenvalue weighted by Gasteiger charge is -2.30. The van der Waals surface area contributed by atoms with Gasteiger partial charge in [0, 0.05) is 11.6 Å². The van der Waals surface area contributed by atoms with E-state index in [9.17, 15) is 4.79 Å². The van der Waals surface area contributed by atoms with Crippen LogP contribution in [-0.4, -0.2) is 22.3 Å². The molecule has 0 fully saturated rings. The Morgan fingerprint density at radius 2 is 1.94 bits per heavy atom. The lowest BCUT2D eigenvalue weighted by molar-refractivity contribution is 0.0901. The zero-order valence-corrected chi connectivity index (χ0v) is 12.3. The third-order valence-electron chi connectivity index (χ3n) is 3.46. The molecule has 1 N–H and O–H groups in total. The first-order chi connectivity index (χ1) is 8.48. The van der Waals surface area contributed by atoms with Gasteiger partial charge in [-0.3, -0.25) is 9.78 Å². The van der Waals surface area contributed by atoms with Crippen molar-refractivity contribution < 1.29 is 4.79 Å². The lowest BCUT2D eigenvalue weighted by atomic mass is 9.94. The highest BCUT2D eigenvalue weighted by Gasteiger charge is 2.28. The number of halogens is 1. The Morgan fingerprint density at radius 3 is 2.39 bits per heavy atom. The molecule has 1 aromatic heterocycles. The van der Waals surface area contributed by atoms with Gasteiger partial charge < -0.3 is 5.32 Å². The van der Waals surface area contributed by atoms with Crippen molar-refractivity contribution in [2.24, 2.45) is 0 Å². The number of carbonyl (C=O) groups excluding carboxylic acids is 1. The Kier molecular flexibility index (Phi) is 5.15. The van der Waals surface area contributed by atoms with E-state index in [1.54, 1.807) is 0 Å². The van der Waals surface area contributed by atoms with Crippen LogP contribution < -0.4 is 5.32 Å². The standard InChI is InChI=1S/C14H21ClN2O/c1-5-14(6-2,9-15)17-13(18)12-8-7-10(3)16-11(12)4/h7-8H,5-6,9H2,1-4H3,(H,17,18). The van der Waals surface area contributed by atoms with Crippen LogP contribution in [0.4, 0.5) is 0 Å². The van der Waals surface area contributed by atoms with E-state index in [-0.39, 0.29) is 11.4 Å². The Balaban J connectivity index is 2.94. The van der Waals surface area contributed by atoms with Gasteiger partial charge in [-0.1, -0.05) is 13.8 Å². The van der Waals surface area contributed by atoms with Crippen LogP contribution in [0.15, 0.2) is 12.1 Å². The SMILES string of the molecule is CCC(CC)(CCl)NC(=O)c1ccc(C)nc1C. The van der Waals surface area contributed by atoms with E-state index in [0.717, 1.165) is 24.2 Å². The normalized spacial score (nSPS) is 11.4. The summed E-state index contributed by atoms with van der Waals surface area (Å²) in [6.45, 7) is 7.83. The van der Waals surface area contributed by atoms with Crippen LogP contribution in [0, 0.1) is 13.8 Å². The van der Waals surface area contributed by atoms with Gasteiger partial charge in [-0.05, 0) is 38.8 Å².